The Morgan fingerprint density at radius 1 is 1.52 bits per heavy atom. The number of nitro groups is 1. The molecule has 0 bridgehead atoms. The van der Waals surface area contributed by atoms with E-state index in [0.717, 1.165) is 12.1 Å². The molecule has 2 aromatic rings. The fourth-order valence-corrected chi connectivity index (χ4v) is 2.92. The molecule has 2 N–H and O–H groups in total. The van der Waals surface area contributed by atoms with E-state index in [-0.39, 0.29) is 5.69 Å². The highest BCUT2D eigenvalue weighted by Gasteiger charge is 2.16. The van der Waals surface area contributed by atoms with Crippen LogP contribution in [0.4, 0.5) is 5.69 Å². The van der Waals surface area contributed by atoms with Crippen molar-refractivity contribution in [2.24, 2.45) is 0 Å². The van der Waals surface area contributed by atoms with E-state index < -0.39 is 16.9 Å². The van der Waals surface area contributed by atoms with E-state index in [1.807, 2.05) is 12.3 Å². The van der Waals surface area contributed by atoms with Gasteiger partial charge in [-0.15, -0.1) is 11.3 Å². The van der Waals surface area contributed by atoms with Gasteiger partial charge in [0.25, 0.3) is 5.69 Å². The summed E-state index contributed by atoms with van der Waals surface area (Å²) in [5, 5.41) is 25.4. The first-order chi connectivity index (χ1) is 11.0. The maximum Gasteiger partial charge on any atom is 0.320 e. The van der Waals surface area contributed by atoms with Crippen molar-refractivity contribution in [2.75, 3.05) is 0 Å². The van der Waals surface area contributed by atoms with Crippen molar-refractivity contribution in [3.05, 3.63) is 45.5 Å². The third kappa shape index (κ3) is 4.57. The number of aromatic nitrogens is 1. The molecule has 0 aliphatic heterocycles. The van der Waals surface area contributed by atoms with E-state index in [9.17, 15) is 14.9 Å². The van der Waals surface area contributed by atoms with Gasteiger partial charge < -0.3 is 5.11 Å². The Balaban J connectivity index is 2.07. The number of carbonyl (C=O) groups is 1. The molecule has 1 aromatic heterocycles. The van der Waals surface area contributed by atoms with Crippen LogP contribution in [-0.2, 0) is 11.3 Å². The van der Waals surface area contributed by atoms with Gasteiger partial charge in [-0.3, -0.25) is 20.2 Å². The maximum atomic E-state index is 11.1. The summed E-state index contributed by atoms with van der Waals surface area (Å²) in [6.07, 6.45) is 1.33. The number of nitrogens with zero attached hydrogens (tertiary/aromatic N) is 2. The van der Waals surface area contributed by atoms with Gasteiger partial charge in [-0.2, -0.15) is 0 Å². The number of thiazole rings is 1. The standard InChI is InChI=1S/C15H17N3O4S/c1-2-4-13(15(19)20)16-8-11-9-23-14(17-11)10-5-3-6-12(7-10)18(21)22/h3,5-7,9,13,16H,2,4,8H2,1H3,(H,19,20). The predicted octanol–water partition coefficient (Wildman–Crippen LogP) is 3.06. The van der Waals surface area contributed by atoms with Gasteiger partial charge in [0.05, 0.1) is 10.6 Å². The van der Waals surface area contributed by atoms with Gasteiger partial charge >= 0.3 is 5.97 Å². The topological polar surface area (TPSA) is 105 Å². The molecule has 7 nitrogen and oxygen atoms in total. The lowest BCUT2D eigenvalue weighted by atomic mass is 10.1. The van der Waals surface area contributed by atoms with Gasteiger partial charge in [0, 0.05) is 29.6 Å². The zero-order chi connectivity index (χ0) is 16.8. The molecule has 1 atom stereocenters. The summed E-state index contributed by atoms with van der Waals surface area (Å²) in [6.45, 7) is 2.28. The van der Waals surface area contributed by atoms with Crippen molar-refractivity contribution in [3.8, 4) is 10.6 Å². The summed E-state index contributed by atoms with van der Waals surface area (Å²) >= 11 is 1.38. The summed E-state index contributed by atoms with van der Waals surface area (Å²) in [4.78, 5) is 25.9. The number of rotatable bonds is 8. The number of benzene rings is 1. The van der Waals surface area contributed by atoms with Crippen LogP contribution in [0.5, 0.6) is 0 Å². The molecule has 1 aromatic carbocycles. The highest BCUT2D eigenvalue weighted by atomic mass is 32.1. The zero-order valence-electron chi connectivity index (χ0n) is 12.6. The van der Waals surface area contributed by atoms with Crippen molar-refractivity contribution in [1.82, 2.24) is 10.3 Å². The van der Waals surface area contributed by atoms with E-state index in [2.05, 4.69) is 10.3 Å². The van der Waals surface area contributed by atoms with Gasteiger partial charge in [-0.1, -0.05) is 25.5 Å². The molecule has 0 aliphatic carbocycles. The highest BCUT2D eigenvalue weighted by Crippen LogP contribution is 2.26. The van der Waals surface area contributed by atoms with Crippen molar-refractivity contribution in [2.45, 2.75) is 32.4 Å². The SMILES string of the molecule is CCCC(NCc1csc(-c2cccc([N+](=O)[O-])c2)n1)C(=O)O. The first-order valence-corrected chi connectivity index (χ1v) is 8.04. The lowest BCUT2D eigenvalue weighted by Gasteiger charge is -2.11. The van der Waals surface area contributed by atoms with Gasteiger partial charge in [0.15, 0.2) is 0 Å². The average Bonchev–Trinajstić information content (AvgIpc) is 3.00. The van der Waals surface area contributed by atoms with Crippen molar-refractivity contribution in [3.63, 3.8) is 0 Å². The number of hydrogen-bond acceptors (Lipinski definition) is 6. The molecule has 0 fully saturated rings. The molecule has 0 aliphatic rings. The van der Waals surface area contributed by atoms with Gasteiger partial charge in [-0.25, -0.2) is 4.98 Å². The van der Waals surface area contributed by atoms with Crippen molar-refractivity contribution >= 4 is 23.0 Å². The first kappa shape index (κ1) is 17.0. The molecule has 122 valence electrons. The Kier molecular flexibility index (Phi) is 5.78. The third-order valence-electron chi connectivity index (χ3n) is 3.26. The number of hydrogen-bond donors (Lipinski definition) is 2. The predicted molar refractivity (Wildman–Crippen MR) is 87.4 cm³/mol. The molecular weight excluding hydrogens is 318 g/mol. The molecule has 1 unspecified atom stereocenters. The van der Waals surface area contributed by atoms with Gasteiger partial charge in [-0.05, 0) is 6.42 Å². The largest absolute Gasteiger partial charge is 0.480 e. The minimum Gasteiger partial charge on any atom is -0.480 e. The third-order valence-corrected chi connectivity index (χ3v) is 4.20. The smallest absolute Gasteiger partial charge is 0.320 e. The van der Waals surface area contributed by atoms with E-state index in [1.54, 1.807) is 12.1 Å². The molecule has 0 saturated heterocycles. The van der Waals surface area contributed by atoms with Gasteiger partial charge in [0.1, 0.15) is 11.0 Å². The molecule has 8 heteroatoms. The van der Waals surface area contributed by atoms with Gasteiger partial charge in [0.2, 0.25) is 0 Å². The maximum absolute atomic E-state index is 11.1. The lowest BCUT2D eigenvalue weighted by molar-refractivity contribution is -0.384. The van der Waals surface area contributed by atoms with Crippen LogP contribution in [0.15, 0.2) is 29.6 Å². The average molecular weight is 335 g/mol. The Morgan fingerprint density at radius 3 is 2.96 bits per heavy atom. The van der Waals surface area contributed by atoms with Crippen LogP contribution in [-0.4, -0.2) is 27.0 Å². The molecule has 2 rings (SSSR count). The summed E-state index contributed by atoms with van der Waals surface area (Å²) < 4.78 is 0. The second-order valence-electron chi connectivity index (χ2n) is 5.01. The molecule has 0 radical (unpaired) electrons. The Bertz CT molecular complexity index is 702. The van der Waals surface area contributed by atoms with Crippen molar-refractivity contribution < 1.29 is 14.8 Å². The van der Waals surface area contributed by atoms with Crippen LogP contribution in [0.1, 0.15) is 25.5 Å². The van der Waals surface area contributed by atoms with Crippen LogP contribution in [0.2, 0.25) is 0 Å². The summed E-state index contributed by atoms with van der Waals surface area (Å²) in [6, 6.07) is 5.70. The van der Waals surface area contributed by atoms with Crippen LogP contribution >= 0.6 is 11.3 Å². The number of aliphatic carboxylic acids is 1. The first-order valence-electron chi connectivity index (χ1n) is 7.16. The highest BCUT2D eigenvalue weighted by molar-refractivity contribution is 7.13. The summed E-state index contributed by atoms with van der Waals surface area (Å²) in [7, 11) is 0. The van der Waals surface area contributed by atoms with E-state index in [4.69, 9.17) is 5.11 Å². The molecule has 0 amide bonds. The quantitative estimate of drug-likeness (QED) is 0.567. The summed E-state index contributed by atoms with van der Waals surface area (Å²) in [5.74, 6) is -0.874. The van der Waals surface area contributed by atoms with E-state index in [1.165, 1.54) is 23.5 Å². The van der Waals surface area contributed by atoms with Crippen LogP contribution in [0, 0.1) is 10.1 Å². The monoisotopic (exact) mass is 335 g/mol. The minimum atomic E-state index is -0.874. The lowest BCUT2D eigenvalue weighted by Crippen LogP contribution is -2.36. The number of carboxylic acid groups (broad SMARTS) is 1. The zero-order valence-corrected chi connectivity index (χ0v) is 13.4. The normalized spacial score (nSPS) is 12.0. The second-order valence-corrected chi connectivity index (χ2v) is 5.87. The van der Waals surface area contributed by atoms with Crippen LogP contribution in [0.25, 0.3) is 10.6 Å². The van der Waals surface area contributed by atoms with Crippen LogP contribution in [0.3, 0.4) is 0 Å². The second kappa shape index (κ2) is 7.80. The number of nitrogens with one attached hydrogen (secondary N) is 1. The molecule has 0 spiro atoms. The molecule has 1 heterocycles. The molecule has 23 heavy (non-hydrogen) atoms. The Hall–Kier alpha value is -2.32. The fourth-order valence-electron chi connectivity index (χ4n) is 2.10. The van der Waals surface area contributed by atoms with E-state index in [0.29, 0.717) is 23.5 Å². The number of non-ortho nitro benzene ring substituents is 1. The Morgan fingerprint density at radius 2 is 2.30 bits per heavy atom. The number of carboxylic acids is 1. The minimum absolute atomic E-state index is 0.0197. The van der Waals surface area contributed by atoms with Crippen molar-refractivity contribution in [1.29, 1.82) is 0 Å². The number of nitro benzene ring substituents is 1. The fraction of sp³-hybridized carbons (Fsp3) is 0.333. The van der Waals surface area contributed by atoms with E-state index >= 15 is 0 Å². The molecular formula is C15H17N3O4S. The van der Waals surface area contributed by atoms with Crippen LogP contribution < -0.4 is 5.32 Å². The Labute approximate surface area is 137 Å². The summed E-state index contributed by atoms with van der Waals surface area (Å²) in [5.41, 5.74) is 1.42. The molecule has 0 saturated carbocycles.